The molecule has 3 aromatic rings. The van der Waals surface area contributed by atoms with Crippen LogP contribution < -0.4 is 16.4 Å². The number of rotatable bonds is 9. The van der Waals surface area contributed by atoms with Crippen molar-refractivity contribution in [1.82, 2.24) is 30.1 Å². The number of carbonyl (C=O) groups is 2. The molecule has 0 radical (unpaired) electrons. The second-order valence-electron chi connectivity index (χ2n) is 9.28. The predicted molar refractivity (Wildman–Crippen MR) is 133 cm³/mol. The van der Waals surface area contributed by atoms with E-state index >= 15 is 0 Å². The molecule has 2 aromatic heterocycles. The summed E-state index contributed by atoms with van der Waals surface area (Å²) in [5.41, 5.74) is 7.32. The van der Waals surface area contributed by atoms with Gasteiger partial charge in [-0.2, -0.15) is 0 Å². The largest absolute Gasteiger partial charge is 0.378 e. The van der Waals surface area contributed by atoms with E-state index in [0.717, 1.165) is 11.3 Å². The van der Waals surface area contributed by atoms with E-state index in [1.165, 1.54) is 0 Å². The zero-order valence-corrected chi connectivity index (χ0v) is 20.6. The van der Waals surface area contributed by atoms with Gasteiger partial charge in [0, 0.05) is 18.8 Å². The van der Waals surface area contributed by atoms with E-state index in [4.69, 9.17) is 15.2 Å². The van der Waals surface area contributed by atoms with Crippen LogP contribution in [-0.2, 0) is 27.4 Å². The maximum Gasteiger partial charge on any atom is 0.317 e. The summed E-state index contributed by atoms with van der Waals surface area (Å²) in [5, 5.41) is 14.6. The monoisotopic (exact) mass is 495 g/mol. The quantitative estimate of drug-likeness (QED) is 0.408. The molecule has 1 atom stereocenters. The minimum absolute atomic E-state index is 0.159. The Morgan fingerprint density at radius 2 is 1.86 bits per heavy atom. The third-order valence-corrected chi connectivity index (χ3v) is 5.85. The van der Waals surface area contributed by atoms with Crippen LogP contribution in [0.5, 0.6) is 0 Å². The Balaban J connectivity index is 1.55. The molecule has 0 bridgehead atoms. The molecule has 0 unspecified atom stereocenters. The lowest BCUT2D eigenvalue weighted by molar-refractivity contribution is -0.126. The summed E-state index contributed by atoms with van der Waals surface area (Å²) in [4.78, 5) is 27.1. The van der Waals surface area contributed by atoms with Gasteiger partial charge in [-0.15, -0.1) is 10.2 Å². The molecule has 0 aliphatic carbocycles. The first kappa shape index (κ1) is 25.5. The highest BCUT2D eigenvalue weighted by atomic mass is 16.5. The van der Waals surface area contributed by atoms with Crippen LogP contribution >= 0.6 is 0 Å². The predicted octanol–water partition coefficient (Wildman–Crippen LogP) is 1.38. The summed E-state index contributed by atoms with van der Waals surface area (Å²) < 4.78 is 13.1. The highest BCUT2D eigenvalue weighted by Gasteiger charge is 2.28. The van der Waals surface area contributed by atoms with Gasteiger partial charge in [0.2, 0.25) is 5.91 Å². The van der Waals surface area contributed by atoms with E-state index in [9.17, 15) is 9.59 Å². The summed E-state index contributed by atoms with van der Waals surface area (Å²) in [6, 6.07) is 14.6. The lowest BCUT2D eigenvalue weighted by Crippen LogP contribution is -2.51. The van der Waals surface area contributed by atoms with E-state index in [0.29, 0.717) is 44.4 Å². The van der Waals surface area contributed by atoms with E-state index in [2.05, 4.69) is 20.8 Å². The summed E-state index contributed by atoms with van der Waals surface area (Å²) in [7, 11) is 0. The van der Waals surface area contributed by atoms with Crippen molar-refractivity contribution in [2.75, 3.05) is 32.9 Å². The van der Waals surface area contributed by atoms with E-state index in [1.54, 1.807) is 18.7 Å². The van der Waals surface area contributed by atoms with Crippen molar-refractivity contribution in [3.05, 3.63) is 65.6 Å². The molecule has 4 N–H and O–H groups in total. The molecular weight excluding hydrogens is 462 g/mol. The summed E-state index contributed by atoms with van der Waals surface area (Å²) >= 11 is 0. The van der Waals surface area contributed by atoms with Gasteiger partial charge in [-0.3, -0.25) is 9.20 Å². The Morgan fingerprint density at radius 3 is 2.58 bits per heavy atom. The minimum Gasteiger partial charge on any atom is -0.378 e. The van der Waals surface area contributed by atoms with Crippen molar-refractivity contribution in [2.24, 2.45) is 5.73 Å². The molecule has 192 valence electrons. The van der Waals surface area contributed by atoms with Gasteiger partial charge in [0.05, 0.1) is 38.5 Å². The number of aromatic nitrogens is 3. The Kier molecular flexibility index (Phi) is 8.14. The van der Waals surface area contributed by atoms with Crippen LogP contribution in [0.3, 0.4) is 0 Å². The maximum atomic E-state index is 12.8. The first-order valence-electron chi connectivity index (χ1n) is 12.0. The number of carbonyl (C=O) groups excluding carboxylic acids is 2. The van der Waals surface area contributed by atoms with Gasteiger partial charge in [-0.05, 0) is 31.5 Å². The Morgan fingerprint density at radius 1 is 1.11 bits per heavy atom. The normalized spacial score (nSPS) is 15.0. The molecular formula is C25H33N7O4. The van der Waals surface area contributed by atoms with Crippen LogP contribution in [0.4, 0.5) is 4.79 Å². The van der Waals surface area contributed by atoms with Crippen LogP contribution in [0.15, 0.2) is 48.5 Å². The molecule has 11 heteroatoms. The smallest absolute Gasteiger partial charge is 0.317 e. The Labute approximate surface area is 210 Å². The average Bonchev–Trinajstić information content (AvgIpc) is 3.32. The van der Waals surface area contributed by atoms with Gasteiger partial charge < -0.3 is 30.7 Å². The molecule has 1 saturated heterocycles. The van der Waals surface area contributed by atoms with Gasteiger partial charge in [0.1, 0.15) is 6.04 Å². The van der Waals surface area contributed by atoms with Crippen LogP contribution in [0.25, 0.3) is 5.65 Å². The van der Waals surface area contributed by atoms with Crippen molar-refractivity contribution >= 4 is 17.6 Å². The van der Waals surface area contributed by atoms with Gasteiger partial charge >= 0.3 is 6.03 Å². The molecule has 3 heterocycles. The minimum atomic E-state index is -1.09. The number of nitrogens with two attached hydrogens (primary N) is 1. The van der Waals surface area contributed by atoms with Crippen molar-refractivity contribution in [3.8, 4) is 0 Å². The summed E-state index contributed by atoms with van der Waals surface area (Å²) in [6.45, 7) is 6.22. The second kappa shape index (κ2) is 11.5. The number of amides is 3. The van der Waals surface area contributed by atoms with Crippen molar-refractivity contribution < 1.29 is 19.1 Å². The fourth-order valence-electron chi connectivity index (χ4n) is 3.83. The number of morpholine rings is 1. The highest BCUT2D eigenvalue weighted by Crippen LogP contribution is 2.18. The van der Waals surface area contributed by atoms with Gasteiger partial charge in [-0.25, -0.2) is 4.79 Å². The van der Waals surface area contributed by atoms with E-state index in [-0.39, 0.29) is 25.1 Å². The van der Waals surface area contributed by atoms with Gasteiger partial charge in [-0.1, -0.05) is 36.4 Å². The maximum absolute atomic E-state index is 12.8. The van der Waals surface area contributed by atoms with Crippen molar-refractivity contribution in [2.45, 2.75) is 38.6 Å². The zero-order valence-electron chi connectivity index (χ0n) is 20.6. The highest BCUT2D eigenvalue weighted by molar-refractivity contribution is 5.85. The number of nitrogens with one attached hydrogen (secondary N) is 2. The second-order valence-corrected chi connectivity index (χ2v) is 9.28. The lowest BCUT2D eigenvalue weighted by Gasteiger charge is -2.27. The molecule has 36 heavy (non-hydrogen) atoms. The first-order valence-corrected chi connectivity index (χ1v) is 12.0. The van der Waals surface area contributed by atoms with Crippen LogP contribution in [0, 0.1) is 0 Å². The Bertz CT molecular complexity index is 1170. The summed E-state index contributed by atoms with van der Waals surface area (Å²) in [5.74, 6) is 0.151. The lowest BCUT2D eigenvalue weighted by atomic mass is 10.1. The zero-order chi connectivity index (χ0) is 25.5. The Hall–Kier alpha value is -3.54. The number of ether oxygens (including phenoxy) is 2. The fraction of sp³-hybridized carbons (Fsp3) is 0.440. The number of pyridine rings is 1. The summed E-state index contributed by atoms with van der Waals surface area (Å²) in [6.07, 6.45) is 0. The van der Waals surface area contributed by atoms with E-state index < -0.39 is 11.6 Å². The SMILES string of the molecule is CC(C)(N)C(=O)N[C@H](COCc1ccccc1)c1nnc2cccc(CNC(=O)N3CCOCC3)n12. The molecule has 3 amide bonds. The third-order valence-electron chi connectivity index (χ3n) is 5.85. The fourth-order valence-corrected chi connectivity index (χ4v) is 3.83. The molecule has 11 nitrogen and oxygen atoms in total. The number of nitrogens with zero attached hydrogens (tertiary/aromatic N) is 4. The first-order chi connectivity index (χ1) is 17.3. The topological polar surface area (TPSA) is 136 Å². The van der Waals surface area contributed by atoms with Crippen LogP contribution in [0.1, 0.15) is 37.0 Å². The molecule has 4 rings (SSSR count). The number of benzene rings is 1. The number of fused-ring (bicyclic) bond motifs is 1. The molecule has 1 aromatic carbocycles. The van der Waals surface area contributed by atoms with Gasteiger partial charge in [0.15, 0.2) is 11.5 Å². The number of hydrogen-bond donors (Lipinski definition) is 3. The van der Waals surface area contributed by atoms with Crippen LogP contribution in [-0.4, -0.2) is 69.9 Å². The average molecular weight is 496 g/mol. The molecule has 0 saturated carbocycles. The molecule has 1 aliphatic rings. The molecule has 0 spiro atoms. The van der Waals surface area contributed by atoms with Crippen molar-refractivity contribution in [3.63, 3.8) is 0 Å². The molecule has 1 aliphatic heterocycles. The van der Waals surface area contributed by atoms with Crippen LogP contribution in [0.2, 0.25) is 0 Å². The third kappa shape index (κ3) is 6.36. The van der Waals surface area contributed by atoms with E-state index in [1.807, 2.05) is 52.9 Å². The number of urea groups is 1. The molecule has 1 fully saturated rings. The van der Waals surface area contributed by atoms with Gasteiger partial charge in [0.25, 0.3) is 0 Å². The van der Waals surface area contributed by atoms with Crippen molar-refractivity contribution in [1.29, 1.82) is 0 Å². The standard InChI is InChI=1S/C25H33N7O4/c1-25(2,26)23(33)28-20(17-36-16-18-7-4-3-5-8-18)22-30-29-21-10-6-9-19(32(21)22)15-27-24(34)31-11-13-35-14-12-31/h3-10,20H,11-17,26H2,1-2H3,(H,27,34)(H,28,33)/t20-/m1/s1. The number of hydrogen-bond acceptors (Lipinski definition) is 7.